The van der Waals surface area contributed by atoms with Gasteiger partial charge in [-0.3, -0.25) is 4.79 Å². The molecular weight excluding hydrogens is 392 g/mol. The van der Waals surface area contributed by atoms with Crippen molar-refractivity contribution in [2.75, 3.05) is 0 Å². The first-order chi connectivity index (χ1) is 13.5. The van der Waals surface area contributed by atoms with Gasteiger partial charge in [-0.15, -0.1) is 0 Å². The van der Waals surface area contributed by atoms with E-state index in [2.05, 4.69) is 16.4 Å². The average Bonchev–Trinajstić information content (AvgIpc) is 3.25. The number of furan rings is 1. The molecule has 1 aliphatic rings. The van der Waals surface area contributed by atoms with E-state index in [-0.39, 0.29) is 5.91 Å². The Hall–Kier alpha value is -2.76. The SMILES string of the molecule is Cc1ccc(N=C2NC(=O)/C(=C\c3ccc(-c4cccc(Cl)c4)o3)S2)c(C)c1. The van der Waals surface area contributed by atoms with Gasteiger partial charge < -0.3 is 9.73 Å². The number of carbonyl (C=O) groups excluding carboxylic acids is 1. The maximum absolute atomic E-state index is 12.3. The quantitative estimate of drug-likeness (QED) is 0.532. The maximum atomic E-state index is 12.3. The summed E-state index contributed by atoms with van der Waals surface area (Å²) in [5.74, 6) is 1.11. The molecule has 0 atom stereocenters. The zero-order valence-corrected chi connectivity index (χ0v) is 16.9. The first kappa shape index (κ1) is 18.6. The van der Waals surface area contributed by atoms with E-state index in [1.54, 1.807) is 6.08 Å². The number of aryl methyl sites for hydroxylation is 2. The molecule has 0 bridgehead atoms. The van der Waals surface area contributed by atoms with Gasteiger partial charge in [-0.1, -0.05) is 41.4 Å². The molecule has 3 aromatic rings. The summed E-state index contributed by atoms with van der Waals surface area (Å²) in [6.07, 6.45) is 1.72. The number of hydrogen-bond donors (Lipinski definition) is 1. The van der Waals surface area contributed by atoms with Gasteiger partial charge >= 0.3 is 0 Å². The Bertz CT molecular complexity index is 1130. The topological polar surface area (TPSA) is 54.6 Å². The van der Waals surface area contributed by atoms with Crippen molar-refractivity contribution in [2.45, 2.75) is 13.8 Å². The average molecular weight is 409 g/mol. The molecule has 0 saturated carbocycles. The van der Waals surface area contributed by atoms with Crippen LogP contribution in [0.5, 0.6) is 0 Å². The van der Waals surface area contributed by atoms with Gasteiger partial charge in [0.05, 0.1) is 10.6 Å². The summed E-state index contributed by atoms with van der Waals surface area (Å²) in [4.78, 5) is 17.4. The van der Waals surface area contributed by atoms with Crippen LogP contribution in [-0.4, -0.2) is 11.1 Å². The molecule has 4 nitrogen and oxygen atoms in total. The fourth-order valence-electron chi connectivity index (χ4n) is 2.88. The summed E-state index contributed by atoms with van der Waals surface area (Å²) in [6.45, 7) is 4.04. The standard InChI is InChI=1S/C22H17ClN2O2S/c1-13-6-8-18(14(2)10-13)24-22-25-21(26)20(28-22)12-17-7-9-19(27-17)15-4-3-5-16(23)11-15/h3-12H,1-2H3,(H,24,25,26)/b20-12+. The van der Waals surface area contributed by atoms with Crippen LogP contribution in [0.1, 0.15) is 16.9 Å². The van der Waals surface area contributed by atoms with Crippen LogP contribution in [0.2, 0.25) is 5.02 Å². The summed E-state index contributed by atoms with van der Waals surface area (Å²) in [5, 5.41) is 4.01. The predicted octanol–water partition coefficient (Wildman–Crippen LogP) is 6.11. The molecule has 2 aromatic carbocycles. The van der Waals surface area contributed by atoms with E-state index in [4.69, 9.17) is 16.0 Å². The Morgan fingerprint density at radius 1 is 1.11 bits per heavy atom. The second kappa shape index (κ2) is 7.70. The molecule has 1 aromatic heterocycles. The third-order valence-electron chi connectivity index (χ3n) is 4.23. The van der Waals surface area contributed by atoms with Crippen LogP contribution >= 0.6 is 23.4 Å². The molecule has 6 heteroatoms. The first-order valence-corrected chi connectivity index (χ1v) is 9.90. The van der Waals surface area contributed by atoms with Crippen molar-refractivity contribution in [3.8, 4) is 11.3 Å². The van der Waals surface area contributed by atoms with E-state index in [0.29, 0.717) is 26.6 Å². The lowest BCUT2D eigenvalue weighted by Crippen LogP contribution is -2.19. The van der Waals surface area contributed by atoms with Crippen molar-refractivity contribution in [1.29, 1.82) is 0 Å². The van der Waals surface area contributed by atoms with Gasteiger partial charge in [-0.2, -0.15) is 0 Å². The van der Waals surface area contributed by atoms with Crippen molar-refractivity contribution in [1.82, 2.24) is 5.32 Å². The Kier molecular flexibility index (Phi) is 5.11. The number of amidine groups is 1. The minimum Gasteiger partial charge on any atom is -0.457 e. The van der Waals surface area contributed by atoms with Crippen LogP contribution in [-0.2, 0) is 4.79 Å². The summed E-state index contributed by atoms with van der Waals surface area (Å²) in [5.41, 5.74) is 3.98. The zero-order valence-electron chi connectivity index (χ0n) is 15.3. The molecule has 1 N–H and O–H groups in total. The van der Waals surface area contributed by atoms with Gasteiger partial charge in [0.15, 0.2) is 5.17 Å². The Morgan fingerprint density at radius 3 is 2.75 bits per heavy atom. The molecule has 1 amide bonds. The van der Waals surface area contributed by atoms with Gasteiger partial charge in [-0.25, -0.2) is 4.99 Å². The van der Waals surface area contributed by atoms with E-state index in [9.17, 15) is 4.79 Å². The summed E-state index contributed by atoms with van der Waals surface area (Å²) in [6, 6.07) is 17.2. The molecule has 1 fully saturated rings. The number of amides is 1. The van der Waals surface area contributed by atoms with Crippen molar-refractivity contribution in [3.05, 3.63) is 81.4 Å². The third-order valence-corrected chi connectivity index (χ3v) is 5.38. The molecule has 0 radical (unpaired) electrons. The summed E-state index contributed by atoms with van der Waals surface area (Å²) < 4.78 is 5.85. The highest BCUT2D eigenvalue weighted by Crippen LogP contribution is 2.31. The molecule has 0 spiro atoms. The molecule has 0 aliphatic carbocycles. The van der Waals surface area contributed by atoms with Gasteiger partial charge in [-0.05, 0) is 61.5 Å². The second-order valence-electron chi connectivity index (χ2n) is 6.48. The van der Waals surface area contributed by atoms with Crippen LogP contribution < -0.4 is 5.32 Å². The van der Waals surface area contributed by atoms with E-state index in [0.717, 1.165) is 16.8 Å². The lowest BCUT2D eigenvalue weighted by molar-refractivity contribution is -0.115. The second-order valence-corrected chi connectivity index (χ2v) is 7.95. The molecule has 1 aliphatic heterocycles. The largest absolute Gasteiger partial charge is 0.457 e. The maximum Gasteiger partial charge on any atom is 0.264 e. The van der Waals surface area contributed by atoms with Gasteiger partial charge in [0.1, 0.15) is 11.5 Å². The number of benzene rings is 2. The highest BCUT2D eigenvalue weighted by molar-refractivity contribution is 8.18. The van der Waals surface area contributed by atoms with Crippen LogP contribution in [0.4, 0.5) is 5.69 Å². The van der Waals surface area contributed by atoms with Gasteiger partial charge in [0.2, 0.25) is 0 Å². The van der Waals surface area contributed by atoms with Crippen LogP contribution in [0.15, 0.2) is 68.9 Å². The number of rotatable bonds is 3. The van der Waals surface area contributed by atoms with Crippen molar-refractivity contribution >= 4 is 46.2 Å². The molecule has 2 heterocycles. The minimum absolute atomic E-state index is 0.186. The number of halogens is 1. The Morgan fingerprint density at radius 2 is 1.96 bits per heavy atom. The van der Waals surface area contributed by atoms with E-state index < -0.39 is 0 Å². The first-order valence-electron chi connectivity index (χ1n) is 8.70. The van der Waals surface area contributed by atoms with Crippen LogP contribution in [0.25, 0.3) is 17.4 Å². The Balaban J connectivity index is 1.56. The van der Waals surface area contributed by atoms with E-state index >= 15 is 0 Å². The fraction of sp³-hybridized carbons (Fsp3) is 0.0909. The number of aliphatic imine (C=N–C) groups is 1. The molecule has 1 saturated heterocycles. The number of nitrogens with zero attached hydrogens (tertiary/aromatic N) is 1. The predicted molar refractivity (Wildman–Crippen MR) is 116 cm³/mol. The normalized spacial score (nSPS) is 16.8. The number of hydrogen-bond acceptors (Lipinski definition) is 4. The summed E-state index contributed by atoms with van der Waals surface area (Å²) in [7, 11) is 0. The number of nitrogens with one attached hydrogen (secondary N) is 1. The minimum atomic E-state index is -0.186. The third kappa shape index (κ3) is 4.06. The zero-order chi connectivity index (χ0) is 19.7. The molecule has 28 heavy (non-hydrogen) atoms. The highest BCUT2D eigenvalue weighted by atomic mass is 35.5. The smallest absolute Gasteiger partial charge is 0.264 e. The molecular formula is C22H17ClN2O2S. The summed E-state index contributed by atoms with van der Waals surface area (Å²) >= 11 is 7.34. The lowest BCUT2D eigenvalue weighted by atomic mass is 10.1. The monoisotopic (exact) mass is 408 g/mol. The molecule has 0 unspecified atom stereocenters. The molecule has 140 valence electrons. The fourth-order valence-corrected chi connectivity index (χ4v) is 3.88. The van der Waals surface area contributed by atoms with Gasteiger partial charge in [0, 0.05) is 16.7 Å². The van der Waals surface area contributed by atoms with Crippen molar-refractivity contribution in [2.24, 2.45) is 4.99 Å². The van der Waals surface area contributed by atoms with Gasteiger partial charge in [0.25, 0.3) is 5.91 Å². The van der Waals surface area contributed by atoms with Crippen LogP contribution in [0, 0.1) is 13.8 Å². The van der Waals surface area contributed by atoms with E-state index in [1.165, 1.54) is 17.3 Å². The number of carbonyl (C=O) groups is 1. The van der Waals surface area contributed by atoms with Crippen LogP contribution in [0.3, 0.4) is 0 Å². The van der Waals surface area contributed by atoms with Crippen molar-refractivity contribution in [3.63, 3.8) is 0 Å². The highest BCUT2D eigenvalue weighted by Gasteiger charge is 2.24. The Labute approximate surface area is 172 Å². The molecule has 4 rings (SSSR count). The number of thioether (sulfide) groups is 1. The van der Waals surface area contributed by atoms with E-state index in [1.807, 2.05) is 62.4 Å². The van der Waals surface area contributed by atoms with Crippen molar-refractivity contribution < 1.29 is 9.21 Å². The lowest BCUT2D eigenvalue weighted by Gasteiger charge is -2.02.